The molecule has 8 heteroatoms. The molecule has 0 bridgehead atoms. The standard InChI is InChI=1S/C17H16ClFN2O4/c1-23-14-7-10(8-15(24-2)16(14)25-3)17(22)21-20-9-11-12(18)5-4-6-13(11)19/h4-9H,1-3H3,(H,21,22)/b20-9-. The minimum atomic E-state index is -0.543. The van der Waals surface area contributed by atoms with Crippen LogP contribution >= 0.6 is 11.6 Å². The Balaban J connectivity index is 2.22. The van der Waals surface area contributed by atoms with Crippen LogP contribution in [0.4, 0.5) is 4.39 Å². The van der Waals surface area contributed by atoms with Crippen LogP contribution in [-0.2, 0) is 0 Å². The maximum absolute atomic E-state index is 13.6. The molecule has 25 heavy (non-hydrogen) atoms. The monoisotopic (exact) mass is 366 g/mol. The summed E-state index contributed by atoms with van der Waals surface area (Å²) in [5.41, 5.74) is 2.60. The fraction of sp³-hybridized carbons (Fsp3) is 0.176. The van der Waals surface area contributed by atoms with E-state index in [2.05, 4.69) is 10.5 Å². The summed E-state index contributed by atoms with van der Waals surface area (Å²) in [6.07, 6.45) is 1.13. The maximum atomic E-state index is 13.6. The lowest BCUT2D eigenvalue weighted by atomic mass is 10.1. The van der Waals surface area contributed by atoms with Crippen molar-refractivity contribution in [1.82, 2.24) is 5.43 Å². The van der Waals surface area contributed by atoms with E-state index in [0.717, 1.165) is 6.21 Å². The molecule has 0 saturated heterocycles. The SMILES string of the molecule is COc1cc(C(=O)N/N=C\c2c(F)cccc2Cl)cc(OC)c1OC. The lowest BCUT2D eigenvalue weighted by Crippen LogP contribution is -2.18. The van der Waals surface area contributed by atoms with E-state index in [-0.39, 0.29) is 16.1 Å². The molecule has 0 heterocycles. The number of amides is 1. The number of methoxy groups -OCH3 is 3. The first-order valence-electron chi connectivity index (χ1n) is 7.09. The van der Waals surface area contributed by atoms with Crippen LogP contribution in [0, 0.1) is 5.82 Å². The van der Waals surface area contributed by atoms with Crippen molar-refractivity contribution in [3.63, 3.8) is 0 Å². The van der Waals surface area contributed by atoms with Gasteiger partial charge in [-0.2, -0.15) is 5.10 Å². The Kier molecular flexibility index (Phi) is 6.19. The van der Waals surface area contributed by atoms with Crippen LogP contribution in [0.2, 0.25) is 5.02 Å². The Morgan fingerprint density at radius 3 is 2.32 bits per heavy atom. The first-order chi connectivity index (χ1) is 12.0. The molecule has 0 atom stereocenters. The summed E-state index contributed by atoms with van der Waals surface area (Å²) in [6.45, 7) is 0. The van der Waals surface area contributed by atoms with Crippen molar-refractivity contribution in [1.29, 1.82) is 0 Å². The summed E-state index contributed by atoms with van der Waals surface area (Å²) in [5, 5.41) is 3.92. The molecular weight excluding hydrogens is 351 g/mol. The lowest BCUT2D eigenvalue weighted by molar-refractivity contribution is 0.0954. The number of halogens is 2. The molecule has 0 aliphatic rings. The highest BCUT2D eigenvalue weighted by Gasteiger charge is 2.16. The van der Waals surface area contributed by atoms with Crippen molar-refractivity contribution >= 4 is 23.7 Å². The molecule has 2 rings (SSSR count). The number of hydrazone groups is 1. The first-order valence-corrected chi connectivity index (χ1v) is 7.47. The van der Waals surface area contributed by atoms with Gasteiger partial charge in [-0.05, 0) is 24.3 Å². The summed E-state index contributed by atoms with van der Waals surface area (Å²) in [5.74, 6) is -0.0642. The van der Waals surface area contributed by atoms with Gasteiger partial charge in [0, 0.05) is 11.1 Å². The number of ether oxygens (including phenoxy) is 3. The fourth-order valence-corrected chi connectivity index (χ4v) is 2.28. The predicted molar refractivity (Wildman–Crippen MR) is 92.6 cm³/mol. The van der Waals surface area contributed by atoms with Gasteiger partial charge in [0.1, 0.15) is 5.82 Å². The minimum absolute atomic E-state index is 0.0781. The fourth-order valence-electron chi connectivity index (χ4n) is 2.07. The molecule has 0 spiro atoms. The molecule has 0 radical (unpaired) electrons. The van der Waals surface area contributed by atoms with Crippen LogP contribution in [0.15, 0.2) is 35.4 Å². The molecule has 1 N–H and O–H groups in total. The van der Waals surface area contributed by atoms with E-state index in [1.54, 1.807) is 0 Å². The van der Waals surface area contributed by atoms with E-state index >= 15 is 0 Å². The summed E-state index contributed by atoms with van der Waals surface area (Å²) in [6, 6.07) is 7.19. The molecule has 1 amide bonds. The number of hydrogen-bond donors (Lipinski definition) is 1. The normalized spacial score (nSPS) is 10.6. The molecule has 0 aliphatic heterocycles. The predicted octanol–water partition coefficient (Wildman–Crippen LogP) is 3.27. The zero-order valence-electron chi connectivity index (χ0n) is 13.8. The number of nitrogens with one attached hydrogen (secondary N) is 1. The number of carbonyl (C=O) groups excluding carboxylic acids is 1. The zero-order chi connectivity index (χ0) is 18.4. The summed E-state index contributed by atoms with van der Waals surface area (Å²) in [7, 11) is 4.34. The highest BCUT2D eigenvalue weighted by Crippen LogP contribution is 2.38. The number of benzene rings is 2. The zero-order valence-corrected chi connectivity index (χ0v) is 14.6. The first kappa shape index (κ1) is 18.5. The Morgan fingerprint density at radius 2 is 1.80 bits per heavy atom. The third-order valence-electron chi connectivity index (χ3n) is 3.29. The van der Waals surface area contributed by atoms with Crippen LogP contribution < -0.4 is 19.6 Å². The highest BCUT2D eigenvalue weighted by molar-refractivity contribution is 6.33. The van der Waals surface area contributed by atoms with Gasteiger partial charge in [0.15, 0.2) is 11.5 Å². The third kappa shape index (κ3) is 4.19. The van der Waals surface area contributed by atoms with Gasteiger partial charge in [-0.1, -0.05) is 17.7 Å². The molecule has 132 valence electrons. The van der Waals surface area contributed by atoms with Gasteiger partial charge in [-0.15, -0.1) is 0 Å². The van der Waals surface area contributed by atoms with Crippen molar-refractivity contribution in [3.8, 4) is 17.2 Å². The quantitative estimate of drug-likeness (QED) is 0.629. The molecule has 6 nitrogen and oxygen atoms in total. The second-order valence-corrected chi connectivity index (χ2v) is 5.16. The molecule has 0 fully saturated rings. The Morgan fingerprint density at radius 1 is 1.16 bits per heavy atom. The molecule has 0 unspecified atom stereocenters. The van der Waals surface area contributed by atoms with Gasteiger partial charge < -0.3 is 14.2 Å². The molecular formula is C17H16ClFN2O4. The van der Waals surface area contributed by atoms with Crippen molar-refractivity contribution in [2.45, 2.75) is 0 Å². The van der Waals surface area contributed by atoms with Crippen molar-refractivity contribution in [2.24, 2.45) is 5.10 Å². The topological polar surface area (TPSA) is 69.2 Å². The molecule has 0 aromatic heterocycles. The van der Waals surface area contributed by atoms with E-state index < -0.39 is 11.7 Å². The van der Waals surface area contributed by atoms with Gasteiger partial charge in [-0.3, -0.25) is 4.79 Å². The third-order valence-corrected chi connectivity index (χ3v) is 3.62. The second kappa shape index (κ2) is 8.34. The minimum Gasteiger partial charge on any atom is -0.493 e. The number of rotatable bonds is 6. The summed E-state index contributed by atoms with van der Waals surface area (Å²) < 4.78 is 29.2. The number of nitrogens with zero attached hydrogens (tertiary/aromatic N) is 1. The van der Waals surface area contributed by atoms with Gasteiger partial charge in [0.2, 0.25) is 5.75 Å². The van der Waals surface area contributed by atoms with Crippen LogP contribution in [0.3, 0.4) is 0 Å². The van der Waals surface area contributed by atoms with Crippen molar-refractivity contribution in [3.05, 3.63) is 52.3 Å². The van der Waals surface area contributed by atoms with E-state index in [1.807, 2.05) is 0 Å². The average molecular weight is 367 g/mol. The van der Waals surface area contributed by atoms with Crippen molar-refractivity contribution < 1.29 is 23.4 Å². The van der Waals surface area contributed by atoms with Crippen LogP contribution in [0.25, 0.3) is 0 Å². The lowest BCUT2D eigenvalue weighted by Gasteiger charge is -2.13. The molecule has 0 saturated carbocycles. The summed E-state index contributed by atoms with van der Waals surface area (Å²) >= 11 is 5.88. The Labute approximate surface area is 149 Å². The van der Waals surface area contributed by atoms with E-state index in [0.29, 0.717) is 17.2 Å². The summed E-state index contributed by atoms with van der Waals surface area (Å²) in [4.78, 5) is 12.2. The van der Waals surface area contributed by atoms with Crippen LogP contribution in [-0.4, -0.2) is 33.5 Å². The molecule has 2 aromatic rings. The van der Waals surface area contributed by atoms with Crippen LogP contribution in [0.1, 0.15) is 15.9 Å². The van der Waals surface area contributed by atoms with Crippen molar-refractivity contribution in [2.75, 3.05) is 21.3 Å². The Bertz CT molecular complexity index is 766. The molecule has 2 aromatic carbocycles. The smallest absolute Gasteiger partial charge is 0.271 e. The van der Waals surface area contributed by atoms with E-state index in [4.69, 9.17) is 25.8 Å². The van der Waals surface area contributed by atoms with Gasteiger partial charge >= 0.3 is 0 Å². The number of carbonyl (C=O) groups is 1. The average Bonchev–Trinajstić information content (AvgIpc) is 2.62. The van der Waals surface area contributed by atoms with Gasteiger partial charge in [-0.25, -0.2) is 9.82 Å². The largest absolute Gasteiger partial charge is 0.493 e. The van der Waals surface area contributed by atoms with Crippen LogP contribution in [0.5, 0.6) is 17.2 Å². The number of hydrogen-bond acceptors (Lipinski definition) is 5. The van der Waals surface area contributed by atoms with E-state index in [1.165, 1.54) is 51.7 Å². The maximum Gasteiger partial charge on any atom is 0.271 e. The van der Waals surface area contributed by atoms with E-state index in [9.17, 15) is 9.18 Å². The van der Waals surface area contributed by atoms with Gasteiger partial charge in [0.05, 0.1) is 32.6 Å². The molecule has 0 aliphatic carbocycles. The van der Waals surface area contributed by atoms with Gasteiger partial charge in [0.25, 0.3) is 5.91 Å². The second-order valence-electron chi connectivity index (χ2n) is 4.75. The highest BCUT2D eigenvalue weighted by atomic mass is 35.5. The Hall–Kier alpha value is -2.80.